The highest BCUT2D eigenvalue weighted by molar-refractivity contribution is 7.88. The van der Waals surface area contributed by atoms with Gasteiger partial charge in [-0.05, 0) is 36.5 Å². The van der Waals surface area contributed by atoms with E-state index in [9.17, 15) is 32.8 Å². The Kier molecular flexibility index (Phi) is 17.8. The molecule has 0 bridgehead atoms. The summed E-state index contributed by atoms with van der Waals surface area (Å²) in [6.07, 6.45) is 9.87. The molecular weight excluding hydrogens is 470 g/mol. The van der Waals surface area contributed by atoms with Gasteiger partial charge in [0, 0.05) is 0 Å². The van der Waals surface area contributed by atoms with Crippen molar-refractivity contribution in [3.63, 3.8) is 0 Å². The minimum Gasteiger partial charge on any atom is -0.481 e. The Balaban J connectivity index is 0. The summed E-state index contributed by atoms with van der Waals surface area (Å²) in [7, 11) is -5.22. The fourth-order valence-corrected chi connectivity index (χ4v) is 6.98. The highest BCUT2D eigenvalue weighted by atomic mass is 32.2. The topological polar surface area (TPSA) is 164 Å². The molecule has 0 aromatic carbocycles. The highest BCUT2D eigenvalue weighted by Crippen LogP contribution is 2.43. The van der Waals surface area contributed by atoms with Crippen LogP contribution in [0.5, 0.6) is 0 Å². The number of carboxylic acid groups (broad SMARTS) is 2. The summed E-state index contributed by atoms with van der Waals surface area (Å²) in [5.74, 6) is -6.10. The van der Waals surface area contributed by atoms with Crippen molar-refractivity contribution in [1.82, 2.24) is 6.15 Å². The molecule has 0 rings (SSSR count). The van der Waals surface area contributed by atoms with Gasteiger partial charge >= 0.3 is 11.9 Å². The summed E-state index contributed by atoms with van der Waals surface area (Å²) in [5.41, 5.74) is 0. The summed E-state index contributed by atoms with van der Waals surface area (Å²) in [6.45, 7) is 11.4. The van der Waals surface area contributed by atoms with Crippen LogP contribution in [0, 0.1) is 29.6 Å². The van der Waals surface area contributed by atoms with Crippen molar-refractivity contribution in [3.8, 4) is 0 Å². The fourth-order valence-electron chi connectivity index (χ4n) is 5.48. The summed E-state index contributed by atoms with van der Waals surface area (Å²) >= 11 is 0. The van der Waals surface area contributed by atoms with Crippen LogP contribution in [0.15, 0.2) is 0 Å². The minimum atomic E-state index is -5.22. The van der Waals surface area contributed by atoms with Gasteiger partial charge in [-0.1, -0.05) is 106 Å². The molecule has 0 heterocycles. The first-order valence-electron chi connectivity index (χ1n) is 13.3. The molecule has 0 spiro atoms. The summed E-state index contributed by atoms with van der Waals surface area (Å²) in [6, 6.07) is 0. The highest BCUT2D eigenvalue weighted by Gasteiger charge is 2.63. The maximum atomic E-state index is 12.7. The van der Waals surface area contributed by atoms with Crippen molar-refractivity contribution in [2.24, 2.45) is 29.6 Å². The first-order valence-corrected chi connectivity index (χ1v) is 14.7. The number of unbranched alkanes of at least 4 members (excludes halogenated alkanes) is 2. The molecule has 35 heavy (non-hydrogen) atoms. The van der Waals surface area contributed by atoms with Gasteiger partial charge in [-0.15, -0.1) is 0 Å². The fraction of sp³-hybridized carbons (Fsp3) is 0.923. The molecule has 6 unspecified atom stereocenters. The smallest absolute Gasteiger partial charge is 0.328 e. The first kappa shape index (κ1) is 36.0. The predicted molar refractivity (Wildman–Crippen MR) is 141 cm³/mol. The molecule has 0 aromatic heterocycles. The number of carboxylic acids is 2. The molecule has 210 valence electrons. The zero-order valence-corrected chi connectivity index (χ0v) is 23.8. The van der Waals surface area contributed by atoms with Crippen LogP contribution in [-0.4, -0.2) is 39.9 Å². The van der Waals surface area contributed by atoms with Crippen molar-refractivity contribution >= 4 is 22.1 Å². The maximum absolute atomic E-state index is 12.7. The lowest BCUT2D eigenvalue weighted by Crippen LogP contribution is -2.61. The van der Waals surface area contributed by atoms with E-state index in [-0.39, 0.29) is 12.6 Å². The van der Waals surface area contributed by atoms with E-state index < -0.39 is 44.6 Å². The minimum absolute atomic E-state index is 0. The van der Waals surface area contributed by atoms with Crippen molar-refractivity contribution in [1.29, 1.82) is 0 Å². The van der Waals surface area contributed by atoms with Crippen molar-refractivity contribution < 1.29 is 32.8 Å². The third-order valence-corrected chi connectivity index (χ3v) is 9.60. The molecule has 0 amide bonds. The third kappa shape index (κ3) is 10.00. The average molecular weight is 524 g/mol. The first-order chi connectivity index (χ1) is 15.8. The number of carbonyl (C=O) groups is 2. The van der Waals surface area contributed by atoms with Gasteiger partial charge in [0.1, 0.15) is 0 Å². The molecule has 0 fully saturated rings. The van der Waals surface area contributed by atoms with E-state index in [0.29, 0.717) is 31.1 Å². The number of hydrogen-bond donors (Lipinski definition) is 4. The van der Waals surface area contributed by atoms with Gasteiger partial charge < -0.3 is 16.4 Å². The molecule has 0 aliphatic carbocycles. The number of aliphatic carboxylic acids is 2. The molecule has 6 N–H and O–H groups in total. The predicted octanol–water partition coefficient (Wildman–Crippen LogP) is 6.83. The zero-order chi connectivity index (χ0) is 26.5. The molecule has 6 atom stereocenters. The van der Waals surface area contributed by atoms with Gasteiger partial charge in [-0.2, -0.15) is 8.42 Å². The van der Waals surface area contributed by atoms with E-state index in [1.807, 2.05) is 6.92 Å². The molecule has 0 aromatic rings. The van der Waals surface area contributed by atoms with Crippen LogP contribution >= 0.6 is 0 Å². The summed E-state index contributed by atoms with van der Waals surface area (Å²) < 4.78 is 32.9. The Morgan fingerprint density at radius 1 is 0.771 bits per heavy atom. The van der Waals surface area contributed by atoms with Crippen molar-refractivity contribution in [2.45, 2.75) is 123 Å². The molecule has 8 nitrogen and oxygen atoms in total. The second-order valence-corrected chi connectivity index (χ2v) is 11.9. The van der Waals surface area contributed by atoms with Crippen LogP contribution in [-0.2, 0) is 19.7 Å². The van der Waals surface area contributed by atoms with E-state index >= 15 is 0 Å². The van der Waals surface area contributed by atoms with Gasteiger partial charge in [0.2, 0.25) is 4.75 Å². The van der Waals surface area contributed by atoms with Crippen molar-refractivity contribution in [3.05, 3.63) is 0 Å². The van der Waals surface area contributed by atoms with Gasteiger partial charge in [0.05, 0.1) is 5.92 Å². The molecule has 0 aliphatic rings. The molecule has 0 saturated heterocycles. The second-order valence-electron chi connectivity index (χ2n) is 10.3. The molecular formula is C26H53NO7S. The lowest BCUT2D eigenvalue weighted by atomic mass is 9.71. The van der Waals surface area contributed by atoms with Gasteiger partial charge in [0.15, 0.2) is 0 Å². The standard InChI is InChI=1S/C26H50O7S.H3N/c1-7-11-13-21(9-3)17-15-19(5)23(24(27)28)26(25(29)30,34(31,32)33)20(6)16-18-22(10-4)14-12-8-2;/h19-23H,7-18H2,1-6H3,(H,27,28)(H,29,30)(H,31,32,33);1H3. The van der Waals surface area contributed by atoms with Crippen LogP contribution in [0.1, 0.15) is 119 Å². The van der Waals surface area contributed by atoms with E-state index in [4.69, 9.17) is 0 Å². The SMILES string of the molecule is CCCCC(CC)CCC(C)C(C(=O)O)C(C(=O)O)(C(C)CCC(CC)CCCC)S(=O)(=O)O.N. The van der Waals surface area contributed by atoms with Gasteiger partial charge in [0.25, 0.3) is 10.1 Å². The summed E-state index contributed by atoms with van der Waals surface area (Å²) in [5, 5.41) is 20.3. The summed E-state index contributed by atoms with van der Waals surface area (Å²) in [4.78, 5) is 25.0. The molecule has 0 aliphatic heterocycles. The average Bonchev–Trinajstić information content (AvgIpc) is 2.75. The Labute approximate surface area is 214 Å². The Morgan fingerprint density at radius 3 is 1.51 bits per heavy atom. The largest absolute Gasteiger partial charge is 0.481 e. The van der Waals surface area contributed by atoms with Crippen LogP contribution < -0.4 is 6.15 Å². The number of hydrogen-bond acceptors (Lipinski definition) is 5. The van der Waals surface area contributed by atoms with Crippen LogP contribution in [0.2, 0.25) is 0 Å². The van der Waals surface area contributed by atoms with E-state index in [2.05, 4.69) is 20.8 Å². The van der Waals surface area contributed by atoms with E-state index in [1.165, 1.54) is 6.92 Å². The molecule has 9 heteroatoms. The monoisotopic (exact) mass is 523 g/mol. The quantitative estimate of drug-likeness (QED) is 0.126. The second kappa shape index (κ2) is 17.3. The van der Waals surface area contributed by atoms with Crippen molar-refractivity contribution in [2.75, 3.05) is 0 Å². The van der Waals surface area contributed by atoms with Gasteiger partial charge in [-0.25, -0.2) is 0 Å². The Bertz CT molecular complexity index is 712. The van der Waals surface area contributed by atoms with Crippen LogP contribution in [0.3, 0.4) is 0 Å². The van der Waals surface area contributed by atoms with E-state index in [1.54, 1.807) is 6.92 Å². The maximum Gasteiger partial charge on any atom is 0.328 e. The molecule has 0 radical (unpaired) electrons. The molecule has 0 saturated carbocycles. The Morgan fingerprint density at radius 2 is 1.20 bits per heavy atom. The van der Waals surface area contributed by atoms with Crippen LogP contribution in [0.4, 0.5) is 0 Å². The normalized spacial score (nSPS) is 17.9. The third-order valence-electron chi connectivity index (χ3n) is 7.92. The van der Waals surface area contributed by atoms with Gasteiger partial charge in [-0.3, -0.25) is 14.1 Å². The lowest BCUT2D eigenvalue weighted by Gasteiger charge is -2.40. The lowest BCUT2D eigenvalue weighted by molar-refractivity contribution is -0.156. The van der Waals surface area contributed by atoms with Crippen LogP contribution in [0.25, 0.3) is 0 Å². The zero-order valence-electron chi connectivity index (χ0n) is 23.0. The Hall–Kier alpha value is -1.19. The van der Waals surface area contributed by atoms with E-state index in [0.717, 1.165) is 51.4 Å². The number of rotatable bonds is 20.